The molecule has 0 saturated carbocycles. The quantitative estimate of drug-likeness (QED) is 0.346. The molecule has 8 heteroatoms. The zero-order chi connectivity index (χ0) is 25.6. The van der Waals surface area contributed by atoms with Gasteiger partial charge in [-0.1, -0.05) is 42.5 Å². The number of aromatic nitrogens is 1. The number of thiazole rings is 1. The Morgan fingerprint density at radius 3 is 2.57 bits per heavy atom. The van der Waals surface area contributed by atoms with Crippen LogP contribution in [0.1, 0.15) is 5.01 Å². The number of aliphatic hydroxyl groups is 1. The van der Waals surface area contributed by atoms with E-state index in [1.807, 2.05) is 67.6 Å². The molecule has 0 radical (unpaired) electrons. The molecule has 2 N–H and O–H groups in total. The molecule has 3 aromatic carbocycles. The van der Waals surface area contributed by atoms with Crippen LogP contribution in [0, 0.1) is 6.92 Å². The van der Waals surface area contributed by atoms with Crippen molar-refractivity contribution in [2.75, 3.05) is 51.2 Å². The van der Waals surface area contributed by atoms with Crippen molar-refractivity contribution in [1.29, 1.82) is 0 Å². The monoisotopic (exact) mass is 516 g/mol. The third-order valence-electron chi connectivity index (χ3n) is 6.46. The highest BCUT2D eigenvalue weighted by atomic mass is 32.1. The molecular formula is C29H32N4O3S. The number of hydrogen-bond acceptors (Lipinski definition) is 7. The number of benzene rings is 3. The van der Waals surface area contributed by atoms with Crippen LogP contribution in [-0.4, -0.2) is 77.8 Å². The number of aryl methyl sites for hydroxylation is 1. The number of fused-ring (bicyclic) bond motifs is 1. The van der Waals surface area contributed by atoms with Crippen molar-refractivity contribution < 1.29 is 14.6 Å². The summed E-state index contributed by atoms with van der Waals surface area (Å²) in [5.74, 6) is 0.710. The van der Waals surface area contributed by atoms with E-state index >= 15 is 0 Å². The van der Waals surface area contributed by atoms with Gasteiger partial charge in [-0.2, -0.15) is 0 Å². The van der Waals surface area contributed by atoms with Crippen molar-refractivity contribution in [2.24, 2.45) is 0 Å². The Hall–Kier alpha value is -3.30. The summed E-state index contributed by atoms with van der Waals surface area (Å²) < 4.78 is 6.95. The molecule has 0 bridgehead atoms. The second-order valence-electron chi connectivity index (χ2n) is 9.40. The molecule has 7 nitrogen and oxygen atoms in total. The molecule has 1 unspecified atom stereocenters. The number of carbonyl (C=O) groups excluding carboxylic acids is 1. The average molecular weight is 517 g/mol. The van der Waals surface area contributed by atoms with Gasteiger partial charge in [0.15, 0.2) is 0 Å². The first-order valence-electron chi connectivity index (χ1n) is 12.6. The Bertz CT molecular complexity index is 1340. The Labute approximate surface area is 221 Å². The van der Waals surface area contributed by atoms with Crippen LogP contribution in [0.3, 0.4) is 0 Å². The van der Waals surface area contributed by atoms with Gasteiger partial charge >= 0.3 is 0 Å². The molecule has 5 rings (SSSR count). The van der Waals surface area contributed by atoms with Gasteiger partial charge in [0.05, 0.1) is 21.8 Å². The van der Waals surface area contributed by atoms with Gasteiger partial charge in [-0.25, -0.2) is 4.98 Å². The summed E-state index contributed by atoms with van der Waals surface area (Å²) in [7, 11) is 0. The lowest BCUT2D eigenvalue weighted by atomic mass is 10.1. The van der Waals surface area contributed by atoms with E-state index in [-0.39, 0.29) is 12.5 Å². The Morgan fingerprint density at radius 1 is 1.00 bits per heavy atom. The summed E-state index contributed by atoms with van der Waals surface area (Å²) in [6.45, 7) is 6.30. The van der Waals surface area contributed by atoms with Crippen LogP contribution < -0.4 is 10.1 Å². The average Bonchev–Trinajstić information content (AvgIpc) is 3.28. The highest BCUT2D eigenvalue weighted by Crippen LogP contribution is 2.26. The lowest BCUT2D eigenvalue weighted by molar-refractivity contribution is -0.117. The number of rotatable bonds is 9. The maximum atomic E-state index is 12.7. The van der Waals surface area contributed by atoms with Crippen LogP contribution in [0.2, 0.25) is 0 Å². The molecule has 0 aliphatic carbocycles. The van der Waals surface area contributed by atoms with E-state index in [4.69, 9.17) is 4.74 Å². The standard InChI is InChI=1S/C29H32N4O3S/c1-21-30-27-17-26(10-11-28(27)37-21)36-20-25(34)18-32-12-14-33(15-13-32)19-29(35)31-24-9-5-8-23(16-24)22-6-3-2-4-7-22/h2-11,16-17,25,34H,12-15,18-20H2,1H3,(H,31,35). The fraction of sp³-hybridized carbons (Fsp3) is 0.310. The molecule has 1 fully saturated rings. The van der Waals surface area contributed by atoms with Crippen molar-refractivity contribution >= 4 is 33.1 Å². The zero-order valence-corrected chi connectivity index (χ0v) is 21.8. The molecule has 0 spiro atoms. The summed E-state index contributed by atoms with van der Waals surface area (Å²) >= 11 is 1.66. The zero-order valence-electron chi connectivity index (χ0n) is 21.0. The van der Waals surface area contributed by atoms with Crippen LogP contribution in [0.25, 0.3) is 21.3 Å². The van der Waals surface area contributed by atoms with E-state index < -0.39 is 6.10 Å². The Kier molecular flexibility index (Phi) is 8.11. The Balaban J connectivity index is 1.03. The summed E-state index contributed by atoms with van der Waals surface area (Å²) in [5, 5.41) is 14.6. The first-order chi connectivity index (χ1) is 18.0. The topological polar surface area (TPSA) is 77.9 Å². The minimum atomic E-state index is -0.584. The normalized spacial score (nSPS) is 15.5. The molecule has 4 aromatic rings. The fourth-order valence-electron chi connectivity index (χ4n) is 4.60. The highest BCUT2D eigenvalue weighted by molar-refractivity contribution is 7.18. The maximum absolute atomic E-state index is 12.7. The Morgan fingerprint density at radius 2 is 1.76 bits per heavy atom. The number of β-amino-alcohol motifs (C(OH)–C–C–N with tert-alkyl or cyclic N) is 1. The number of carbonyl (C=O) groups is 1. The van der Waals surface area contributed by atoms with Gasteiger partial charge in [0, 0.05) is 44.5 Å². The SMILES string of the molecule is Cc1nc2cc(OCC(O)CN3CCN(CC(=O)Nc4cccc(-c5ccccc5)c4)CC3)ccc2s1. The third-order valence-corrected chi connectivity index (χ3v) is 7.41. The first-order valence-corrected chi connectivity index (χ1v) is 13.4. The molecule has 1 atom stereocenters. The molecule has 1 aliphatic rings. The lowest BCUT2D eigenvalue weighted by Gasteiger charge is -2.35. The molecule has 192 valence electrons. The summed E-state index contributed by atoms with van der Waals surface area (Å²) in [6.07, 6.45) is -0.584. The lowest BCUT2D eigenvalue weighted by Crippen LogP contribution is -2.50. The summed E-state index contributed by atoms with van der Waals surface area (Å²) in [6, 6.07) is 23.9. The van der Waals surface area contributed by atoms with Gasteiger partial charge in [-0.05, 0) is 42.3 Å². The van der Waals surface area contributed by atoms with Crippen LogP contribution in [-0.2, 0) is 4.79 Å². The molecule has 1 aliphatic heterocycles. The van der Waals surface area contributed by atoms with E-state index in [1.165, 1.54) is 0 Å². The van der Waals surface area contributed by atoms with Gasteiger partial charge in [0.2, 0.25) is 5.91 Å². The van der Waals surface area contributed by atoms with E-state index in [2.05, 4.69) is 32.2 Å². The number of anilines is 1. The first kappa shape index (κ1) is 25.4. The van der Waals surface area contributed by atoms with Gasteiger partial charge in [0.25, 0.3) is 0 Å². The van der Waals surface area contributed by atoms with Gasteiger partial charge in [-0.15, -0.1) is 11.3 Å². The number of piperazine rings is 1. The second kappa shape index (κ2) is 11.8. The molecule has 2 heterocycles. The number of ether oxygens (including phenoxy) is 1. The molecule has 1 aromatic heterocycles. The summed E-state index contributed by atoms with van der Waals surface area (Å²) in [5.41, 5.74) is 3.93. The van der Waals surface area contributed by atoms with Crippen molar-refractivity contribution in [3.63, 3.8) is 0 Å². The molecule has 1 amide bonds. The predicted octanol–water partition coefficient (Wildman–Crippen LogP) is 4.27. The predicted molar refractivity (Wildman–Crippen MR) is 149 cm³/mol. The van der Waals surface area contributed by atoms with E-state index in [0.717, 1.165) is 64.0 Å². The second-order valence-corrected chi connectivity index (χ2v) is 10.6. The summed E-state index contributed by atoms with van der Waals surface area (Å²) in [4.78, 5) is 21.5. The molecular weight excluding hydrogens is 484 g/mol. The van der Waals surface area contributed by atoms with Crippen molar-refractivity contribution in [3.8, 4) is 16.9 Å². The van der Waals surface area contributed by atoms with E-state index in [0.29, 0.717) is 13.1 Å². The number of nitrogens with zero attached hydrogens (tertiary/aromatic N) is 3. The minimum Gasteiger partial charge on any atom is -0.491 e. The highest BCUT2D eigenvalue weighted by Gasteiger charge is 2.21. The third kappa shape index (κ3) is 6.93. The van der Waals surface area contributed by atoms with Gasteiger partial charge < -0.3 is 15.2 Å². The van der Waals surface area contributed by atoms with Crippen LogP contribution in [0.15, 0.2) is 72.8 Å². The molecule has 37 heavy (non-hydrogen) atoms. The number of hydrogen-bond donors (Lipinski definition) is 2. The van der Waals surface area contributed by atoms with Crippen molar-refractivity contribution in [3.05, 3.63) is 77.8 Å². The smallest absolute Gasteiger partial charge is 0.238 e. The number of nitrogens with one attached hydrogen (secondary N) is 1. The van der Waals surface area contributed by atoms with Gasteiger partial charge in [-0.3, -0.25) is 14.6 Å². The van der Waals surface area contributed by atoms with Crippen molar-refractivity contribution in [2.45, 2.75) is 13.0 Å². The van der Waals surface area contributed by atoms with Crippen LogP contribution in [0.4, 0.5) is 5.69 Å². The van der Waals surface area contributed by atoms with E-state index in [1.54, 1.807) is 11.3 Å². The number of aliphatic hydroxyl groups excluding tert-OH is 1. The minimum absolute atomic E-state index is 0.0145. The fourth-order valence-corrected chi connectivity index (χ4v) is 5.40. The maximum Gasteiger partial charge on any atom is 0.238 e. The van der Waals surface area contributed by atoms with Crippen LogP contribution >= 0.6 is 11.3 Å². The number of amides is 1. The van der Waals surface area contributed by atoms with Crippen LogP contribution in [0.5, 0.6) is 5.75 Å². The van der Waals surface area contributed by atoms with Crippen molar-refractivity contribution in [1.82, 2.24) is 14.8 Å². The molecule has 1 saturated heterocycles. The van der Waals surface area contributed by atoms with E-state index in [9.17, 15) is 9.90 Å². The van der Waals surface area contributed by atoms with Gasteiger partial charge in [0.1, 0.15) is 18.5 Å². The largest absolute Gasteiger partial charge is 0.491 e.